The number of carbonyl (C=O) groups is 1. The fourth-order valence-electron chi connectivity index (χ4n) is 2.53. The number of hydrogen-bond acceptors (Lipinski definition) is 4. The van der Waals surface area contributed by atoms with Crippen LogP contribution in [0.3, 0.4) is 0 Å². The monoisotopic (exact) mass is 309 g/mol. The van der Waals surface area contributed by atoms with Gasteiger partial charge in [-0.3, -0.25) is 5.32 Å². The topological polar surface area (TPSA) is 76.4 Å². The van der Waals surface area contributed by atoms with Crippen LogP contribution in [0, 0.1) is 5.82 Å². The standard InChI is InChI=1S/C16H24FN3O2/c1-16(2,3)22-15(21)20-13-7-4-10(17)8-14(13)19-12-6-5-11(18)9-12/h4,7-8,11-12,19H,5-6,9,18H2,1-3H3,(H,20,21). The summed E-state index contributed by atoms with van der Waals surface area (Å²) in [6.07, 6.45) is 2.15. The minimum Gasteiger partial charge on any atom is -0.444 e. The first-order valence-corrected chi connectivity index (χ1v) is 7.54. The van der Waals surface area contributed by atoms with Crippen LogP contribution in [0.15, 0.2) is 18.2 Å². The lowest BCUT2D eigenvalue weighted by Crippen LogP contribution is -2.28. The molecule has 122 valence electrons. The summed E-state index contributed by atoms with van der Waals surface area (Å²) in [5, 5.41) is 5.92. The molecule has 0 heterocycles. The Morgan fingerprint density at radius 1 is 1.32 bits per heavy atom. The Balaban J connectivity index is 2.08. The zero-order valence-corrected chi connectivity index (χ0v) is 13.3. The van der Waals surface area contributed by atoms with Crippen LogP contribution in [0.1, 0.15) is 40.0 Å². The lowest BCUT2D eigenvalue weighted by molar-refractivity contribution is 0.0636. The molecular weight excluding hydrogens is 285 g/mol. The van der Waals surface area contributed by atoms with Gasteiger partial charge in [0.25, 0.3) is 0 Å². The Kier molecular flexibility index (Phi) is 4.90. The molecular formula is C16H24FN3O2. The Hall–Kier alpha value is -1.82. The third-order valence-electron chi connectivity index (χ3n) is 3.45. The fourth-order valence-corrected chi connectivity index (χ4v) is 2.53. The van der Waals surface area contributed by atoms with Crippen molar-refractivity contribution in [3.05, 3.63) is 24.0 Å². The lowest BCUT2D eigenvalue weighted by Gasteiger charge is -2.22. The van der Waals surface area contributed by atoms with E-state index >= 15 is 0 Å². The van der Waals surface area contributed by atoms with Crippen molar-refractivity contribution in [1.29, 1.82) is 0 Å². The SMILES string of the molecule is CC(C)(C)OC(=O)Nc1ccc(F)cc1NC1CCC(N)C1. The smallest absolute Gasteiger partial charge is 0.412 e. The van der Waals surface area contributed by atoms with E-state index in [1.807, 2.05) is 0 Å². The van der Waals surface area contributed by atoms with Gasteiger partial charge >= 0.3 is 6.09 Å². The summed E-state index contributed by atoms with van der Waals surface area (Å²) in [4.78, 5) is 11.9. The highest BCUT2D eigenvalue weighted by Crippen LogP contribution is 2.28. The highest BCUT2D eigenvalue weighted by atomic mass is 19.1. The summed E-state index contributed by atoms with van der Waals surface area (Å²) in [7, 11) is 0. The zero-order valence-electron chi connectivity index (χ0n) is 13.3. The van der Waals surface area contributed by atoms with Crippen LogP contribution in [0.5, 0.6) is 0 Å². The number of carbonyl (C=O) groups excluding carboxylic acids is 1. The van der Waals surface area contributed by atoms with Gasteiger partial charge in [0.05, 0.1) is 11.4 Å². The third-order valence-corrected chi connectivity index (χ3v) is 3.45. The molecule has 0 bridgehead atoms. The Morgan fingerprint density at radius 2 is 2.05 bits per heavy atom. The minimum absolute atomic E-state index is 0.174. The molecule has 1 aliphatic rings. The lowest BCUT2D eigenvalue weighted by atomic mass is 10.2. The summed E-state index contributed by atoms with van der Waals surface area (Å²) in [5.74, 6) is -0.362. The van der Waals surface area contributed by atoms with Gasteiger partial charge in [0.15, 0.2) is 0 Å². The molecule has 1 aromatic rings. The van der Waals surface area contributed by atoms with E-state index in [1.165, 1.54) is 18.2 Å². The highest BCUT2D eigenvalue weighted by Gasteiger charge is 2.23. The van der Waals surface area contributed by atoms with Crippen LogP contribution in [-0.2, 0) is 4.74 Å². The number of nitrogens with one attached hydrogen (secondary N) is 2. The largest absolute Gasteiger partial charge is 0.444 e. The van der Waals surface area contributed by atoms with Gasteiger partial charge in [-0.1, -0.05) is 0 Å². The third kappa shape index (κ3) is 4.87. The molecule has 1 aromatic carbocycles. The van der Waals surface area contributed by atoms with E-state index < -0.39 is 11.7 Å². The van der Waals surface area contributed by atoms with Crippen molar-refractivity contribution >= 4 is 17.5 Å². The summed E-state index contributed by atoms with van der Waals surface area (Å²) in [6.45, 7) is 5.36. The average Bonchev–Trinajstić information content (AvgIpc) is 2.76. The predicted octanol–water partition coefficient (Wildman–Crippen LogP) is 3.46. The molecule has 1 saturated carbocycles. The summed E-state index contributed by atoms with van der Waals surface area (Å²) < 4.78 is 18.7. The number of amides is 1. The van der Waals surface area contributed by atoms with Crippen molar-refractivity contribution < 1.29 is 13.9 Å². The maximum Gasteiger partial charge on any atom is 0.412 e. The van der Waals surface area contributed by atoms with E-state index in [4.69, 9.17) is 10.5 Å². The van der Waals surface area contributed by atoms with Crippen molar-refractivity contribution in [3.8, 4) is 0 Å². The van der Waals surface area contributed by atoms with Crippen LogP contribution < -0.4 is 16.4 Å². The van der Waals surface area contributed by atoms with Gasteiger partial charge in [-0.05, 0) is 58.2 Å². The molecule has 0 aromatic heterocycles. The first kappa shape index (κ1) is 16.5. The van der Waals surface area contributed by atoms with E-state index in [2.05, 4.69) is 10.6 Å². The molecule has 2 atom stereocenters. The first-order chi connectivity index (χ1) is 10.2. The van der Waals surface area contributed by atoms with Gasteiger partial charge < -0.3 is 15.8 Å². The van der Waals surface area contributed by atoms with Crippen LogP contribution in [0.4, 0.5) is 20.6 Å². The predicted molar refractivity (Wildman–Crippen MR) is 85.5 cm³/mol. The van der Waals surface area contributed by atoms with E-state index in [1.54, 1.807) is 20.8 Å². The van der Waals surface area contributed by atoms with E-state index in [9.17, 15) is 9.18 Å². The van der Waals surface area contributed by atoms with Gasteiger partial charge in [0, 0.05) is 12.1 Å². The van der Waals surface area contributed by atoms with Crippen molar-refractivity contribution in [2.24, 2.45) is 5.73 Å². The van der Waals surface area contributed by atoms with Gasteiger partial charge in [0.1, 0.15) is 11.4 Å². The normalized spacial score (nSPS) is 21.5. The number of halogens is 1. The number of benzene rings is 1. The molecule has 1 fully saturated rings. The quantitative estimate of drug-likeness (QED) is 0.799. The molecule has 0 radical (unpaired) electrons. The van der Waals surface area contributed by atoms with Crippen LogP contribution >= 0.6 is 0 Å². The molecule has 22 heavy (non-hydrogen) atoms. The fraction of sp³-hybridized carbons (Fsp3) is 0.562. The van der Waals surface area contributed by atoms with E-state index in [0.717, 1.165) is 19.3 Å². The van der Waals surface area contributed by atoms with Gasteiger partial charge in [-0.2, -0.15) is 0 Å². The molecule has 0 saturated heterocycles. The second-order valence-electron chi connectivity index (χ2n) is 6.73. The zero-order chi connectivity index (χ0) is 16.3. The number of hydrogen-bond donors (Lipinski definition) is 3. The molecule has 4 N–H and O–H groups in total. The molecule has 2 unspecified atom stereocenters. The van der Waals surface area contributed by atoms with Crippen LogP contribution in [0.2, 0.25) is 0 Å². The summed E-state index contributed by atoms with van der Waals surface area (Å²) >= 11 is 0. The molecule has 5 nitrogen and oxygen atoms in total. The Labute approximate surface area is 130 Å². The van der Waals surface area contributed by atoms with E-state index in [0.29, 0.717) is 11.4 Å². The summed E-state index contributed by atoms with van der Waals surface area (Å²) in [6, 6.07) is 4.56. The van der Waals surface area contributed by atoms with Crippen molar-refractivity contribution in [2.45, 2.75) is 57.7 Å². The highest BCUT2D eigenvalue weighted by molar-refractivity contribution is 5.89. The van der Waals surface area contributed by atoms with Crippen molar-refractivity contribution in [2.75, 3.05) is 10.6 Å². The number of anilines is 2. The van der Waals surface area contributed by atoms with Crippen LogP contribution in [-0.4, -0.2) is 23.8 Å². The molecule has 0 spiro atoms. The first-order valence-electron chi connectivity index (χ1n) is 7.54. The molecule has 1 amide bonds. The van der Waals surface area contributed by atoms with Crippen LogP contribution in [0.25, 0.3) is 0 Å². The maximum absolute atomic E-state index is 13.5. The molecule has 0 aliphatic heterocycles. The second-order valence-corrected chi connectivity index (χ2v) is 6.73. The number of nitrogens with two attached hydrogens (primary N) is 1. The van der Waals surface area contributed by atoms with Gasteiger partial charge in [-0.25, -0.2) is 9.18 Å². The number of rotatable bonds is 3. The average molecular weight is 309 g/mol. The molecule has 2 rings (SSSR count). The Bertz CT molecular complexity index is 543. The second kappa shape index (κ2) is 6.52. The maximum atomic E-state index is 13.5. The minimum atomic E-state index is -0.587. The number of ether oxygens (including phenoxy) is 1. The Morgan fingerprint density at radius 3 is 2.64 bits per heavy atom. The van der Waals surface area contributed by atoms with Gasteiger partial charge in [-0.15, -0.1) is 0 Å². The van der Waals surface area contributed by atoms with Crippen molar-refractivity contribution in [3.63, 3.8) is 0 Å². The van der Waals surface area contributed by atoms with E-state index in [-0.39, 0.29) is 17.9 Å². The molecule has 6 heteroatoms. The molecule has 1 aliphatic carbocycles. The summed E-state index contributed by atoms with van der Waals surface area (Å²) in [5.41, 5.74) is 6.35. The van der Waals surface area contributed by atoms with Crippen molar-refractivity contribution in [1.82, 2.24) is 0 Å². The van der Waals surface area contributed by atoms with Gasteiger partial charge in [0.2, 0.25) is 0 Å².